The van der Waals surface area contributed by atoms with Crippen LogP contribution in [0.1, 0.15) is 36.4 Å². The fraction of sp³-hybridized carbons (Fsp3) is 0.545. The molecule has 16 heavy (non-hydrogen) atoms. The van der Waals surface area contributed by atoms with Crippen molar-refractivity contribution >= 4 is 0 Å². The molecule has 0 amide bonds. The molecule has 0 radical (unpaired) electrons. The molecule has 1 unspecified atom stereocenters. The third kappa shape index (κ3) is 2.04. The molecule has 1 aromatic rings. The first-order valence-corrected chi connectivity index (χ1v) is 5.27. The fourth-order valence-corrected chi connectivity index (χ4v) is 1.98. The molecule has 0 aromatic carbocycles. The quantitative estimate of drug-likeness (QED) is 0.848. The van der Waals surface area contributed by atoms with E-state index in [0.29, 0.717) is 0 Å². The van der Waals surface area contributed by atoms with E-state index in [9.17, 15) is 13.2 Å². The first-order chi connectivity index (χ1) is 7.50. The third-order valence-corrected chi connectivity index (χ3v) is 3.17. The van der Waals surface area contributed by atoms with Gasteiger partial charge in [0.05, 0.1) is 5.56 Å². The van der Waals surface area contributed by atoms with Crippen molar-refractivity contribution in [1.29, 1.82) is 0 Å². The third-order valence-electron chi connectivity index (χ3n) is 3.17. The van der Waals surface area contributed by atoms with Crippen molar-refractivity contribution in [2.24, 2.45) is 11.7 Å². The van der Waals surface area contributed by atoms with Gasteiger partial charge in [-0.25, -0.2) is 0 Å². The van der Waals surface area contributed by atoms with Crippen LogP contribution in [0.15, 0.2) is 18.5 Å². The lowest BCUT2D eigenvalue weighted by atomic mass is 9.77. The Hall–Kier alpha value is -1.10. The van der Waals surface area contributed by atoms with Crippen molar-refractivity contribution in [2.45, 2.75) is 31.5 Å². The van der Waals surface area contributed by atoms with E-state index in [4.69, 9.17) is 5.73 Å². The van der Waals surface area contributed by atoms with E-state index in [1.165, 1.54) is 6.20 Å². The number of pyridine rings is 1. The number of aromatic nitrogens is 1. The zero-order chi connectivity index (χ0) is 11.8. The van der Waals surface area contributed by atoms with Crippen LogP contribution < -0.4 is 5.73 Å². The lowest BCUT2D eigenvalue weighted by molar-refractivity contribution is -0.138. The van der Waals surface area contributed by atoms with Crippen molar-refractivity contribution in [3.63, 3.8) is 0 Å². The largest absolute Gasteiger partial charge is 0.416 e. The Morgan fingerprint density at radius 1 is 1.38 bits per heavy atom. The zero-order valence-corrected chi connectivity index (χ0v) is 8.67. The lowest BCUT2D eigenvalue weighted by Crippen LogP contribution is -2.29. The van der Waals surface area contributed by atoms with Gasteiger partial charge in [0.1, 0.15) is 0 Å². The van der Waals surface area contributed by atoms with Crippen LogP contribution in [0, 0.1) is 5.92 Å². The summed E-state index contributed by atoms with van der Waals surface area (Å²) in [6.45, 7) is 0. The first kappa shape index (κ1) is 11.4. The van der Waals surface area contributed by atoms with Crippen LogP contribution in [-0.2, 0) is 6.18 Å². The van der Waals surface area contributed by atoms with Crippen molar-refractivity contribution in [2.75, 3.05) is 0 Å². The lowest BCUT2D eigenvalue weighted by Gasteiger charge is -2.32. The summed E-state index contributed by atoms with van der Waals surface area (Å²) < 4.78 is 38.1. The molecule has 0 bridgehead atoms. The number of alkyl halides is 3. The van der Waals surface area contributed by atoms with E-state index in [1.54, 1.807) is 0 Å². The fourth-order valence-electron chi connectivity index (χ4n) is 1.98. The Morgan fingerprint density at radius 3 is 2.56 bits per heavy atom. The van der Waals surface area contributed by atoms with E-state index in [-0.39, 0.29) is 11.5 Å². The van der Waals surface area contributed by atoms with Gasteiger partial charge < -0.3 is 5.73 Å². The van der Waals surface area contributed by atoms with Gasteiger partial charge in [0.15, 0.2) is 0 Å². The standard InChI is InChI=1S/C11H13F3N2/c12-11(13,14)9-4-5-16-6-8(9)10(15)7-2-1-3-7/h4-7,10H,1-3,15H2. The molecule has 88 valence electrons. The molecule has 1 aliphatic carbocycles. The molecule has 1 aromatic heterocycles. The number of hydrogen-bond donors (Lipinski definition) is 1. The molecule has 5 heteroatoms. The molecule has 0 spiro atoms. The van der Waals surface area contributed by atoms with Gasteiger partial charge in [-0.05, 0) is 30.4 Å². The summed E-state index contributed by atoms with van der Waals surface area (Å²) in [5, 5.41) is 0. The van der Waals surface area contributed by atoms with Gasteiger partial charge in [0.25, 0.3) is 0 Å². The summed E-state index contributed by atoms with van der Waals surface area (Å²) in [4.78, 5) is 3.74. The monoisotopic (exact) mass is 230 g/mol. The van der Waals surface area contributed by atoms with Crippen molar-refractivity contribution in [3.05, 3.63) is 29.6 Å². The maximum absolute atomic E-state index is 12.7. The highest BCUT2D eigenvalue weighted by molar-refractivity contribution is 5.29. The summed E-state index contributed by atoms with van der Waals surface area (Å²) in [5.41, 5.74) is 5.33. The normalized spacial score (nSPS) is 19.2. The topological polar surface area (TPSA) is 38.9 Å². The second-order valence-corrected chi connectivity index (χ2v) is 4.18. The Labute approximate surface area is 91.7 Å². The minimum atomic E-state index is -4.35. The molecular weight excluding hydrogens is 217 g/mol. The SMILES string of the molecule is NC(c1cnccc1C(F)(F)F)C1CCC1. The van der Waals surface area contributed by atoms with Gasteiger partial charge in [0.2, 0.25) is 0 Å². The molecule has 1 fully saturated rings. The van der Waals surface area contributed by atoms with Gasteiger partial charge in [-0.15, -0.1) is 0 Å². The number of rotatable bonds is 2. The van der Waals surface area contributed by atoms with Crippen LogP contribution in [0.5, 0.6) is 0 Å². The Kier molecular flexibility index (Phi) is 2.88. The Bertz CT molecular complexity index is 372. The van der Waals surface area contributed by atoms with E-state index < -0.39 is 17.8 Å². The second-order valence-electron chi connectivity index (χ2n) is 4.18. The smallest absolute Gasteiger partial charge is 0.324 e. The minimum absolute atomic E-state index is 0.125. The molecule has 2 N–H and O–H groups in total. The average molecular weight is 230 g/mol. The van der Waals surface area contributed by atoms with Gasteiger partial charge in [-0.3, -0.25) is 4.98 Å². The summed E-state index contributed by atoms with van der Waals surface area (Å²) in [7, 11) is 0. The molecule has 1 saturated carbocycles. The zero-order valence-electron chi connectivity index (χ0n) is 8.67. The number of nitrogens with two attached hydrogens (primary N) is 1. The van der Waals surface area contributed by atoms with Crippen molar-refractivity contribution in [1.82, 2.24) is 4.98 Å². The summed E-state index contributed by atoms with van der Waals surface area (Å²) >= 11 is 0. The van der Waals surface area contributed by atoms with Gasteiger partial charge >= 0.3 is 6.18 Å². The number of halogens is 3. The van der Waals surface area contributed by atoms with Crippen LogP contribution in [0.4, 0.5) is 13.2 Å². The molecule has 0 saturated heterocycles. The molecule has 2 nitrogen and oxygen atoms in total. The van der Waals surface area contributed by atoms with Crippen LogP contribution in [-0.4, -0.2) is 4.98 Å². The number of hydrogen-bond acceptors (Lipinski definition) is 2. The average Bonchev–Trinajstić information content (AvgIpc) is 2.13. The highest BCUT2D eigenvalue weighted by Crippen LogP contribution is 2.40. The summed E-state index contributed by atoms with van der Waals surface area (Å²) in [6, 6.07) is 0.451. The minimum Gasteiger partial charge on any atom is -0.324 e. The highest BCUT2D eigenvalue weighted by atomic mass is 19.4. The van der Waals surface area contributed by atoms with Crippen molar-refractivity contribution < 1.29 is 13.2 Å². The van der Waals surface area contributed by atoms with Crippen molar-refractivity contribution in [3.8, 4) is 0 Å². The predicted octanol–water partition coefficient (Wildman–Crippen LogP) is 2.90. The van der Waals surface area contributed by atoms with Crippen LogP contribution in [0.25, 0.3) is 0 Å². The van der Waals surface area contributed by atoms with Gasteiger partial charge in [-0.2, -0.15) is 13.2 Å². The highest BCUT2D eigenvalue weighted by Gasteiger charge is 2.37. The van der Waals surface area contributed by atoms with Gasteiger partial charge in [-0.1, -0.05) is 6.42 Å². The molecule has 1 atom stereocenters. The number of nitrogens with zero attached hydrogens (tertiary/aromatic N) is 1. The molecule has 1 aliphatic rings. The molecular formula is C11H13F3N2. The maximum atomic E-state index is 12.7. The predicted molar refractivity (Wildman–Crippen MR) is 53.5 cm³/mol. The van der Waals surface area contributed by atoms with E-state index >= 15 is 0 Å². The maximum Gasteiger partial charge on any atom is 0.416 e. The molecule has 1 heterocycles. The molecule has 0 aliphatic heterocycles. The summed E-state index contributed by atoms with van der Waals surface area (Å²) in [5.74, 6) is 0.172. The van der Waals surface area contributed by atoms with Gasteiger partial charge in [0, 0.05) is 18.4 Å². The first-order valence-electron chi connectivity index (χ1n) is 5.27. The van der Waals surface area contributed by atoms with E-state index in [2.05, 4.69) is 4.98 Å². The van der Waals surface area contributed by atoms with Crippen LogP contribution >= 0.6 is 0 Å². The Morgan fingerprint density at radius 2 is 2.06 bits per heavy atom. The van der Waals surface area contributed by atoms with Crippen LogP contribution in [0.2, 0.25) is 0 Å². The summed E-state index contributed by atoms with van der Waals surface area (Å²) in [6.07, 6.45) is 0.923. The van der Waals surface area contributed by atoms with E-state index in [0.717, 1.165) is 31.5 Å². The molecule has 2 rings (SSSR count). The second kappa shape index (κ2) is 4.05. The van der Waals surface area contributed by atoms with E-state index in [1.807, 2.05) is 0 Å². The van der Waals surface area contributed by atoms with Crippen LogP contribution in [0.3, 0.4) is 0 Å². The Balaban J connectivity index is 2.32.